The summed E-state index contributed by atoms with van der Waals surface area (Å²) in [5, 5.41) is 0. The first kappa shape index (κ1) is 11.5. The standard InChI is InChI=1S/C15H18N2/c1-11(13-4-8-15(17)9-5-13)10-12-2-6-14(16)7-3-12/h2-9,11H,10,16-17H2,1H3. The van der Waals surface area contributed by atoms with Crippen molar-refractivity contribution in [1.82, 2.24) is 0 Å². The fourth-order valence-electron chi connectivity index (χ4n) is 1.95. The van der Waals surface area contributed by atoms with Gasteiger partial charge in [0.1, 0.15) is 0 Å². The third-order valence-corrected chi connectivity index (χ3v) is 3.03. The summed E-state index contributed by atoms with van der Waals surface area (Å²) < 4.78 is 0. The minimum atomic E-state index is 0.485. The lowest BCUT2D eigenvalue weighted by atomic mass is 9.93. The molecule has 0 aliphatic carbocycles. The molecule has 88 valence electrons. The van der Waals surface area contributed by atoms with Gasteiger partial charge in [-0.2, -0.15) is 0 Å². The second kappa shape index (κ2) is 4.91. The van der Waals surface area contributed by atoms with Crippen molar-refractivity contribution in [3.05, 3.63) is 59.7 Å². The van der Waals surface area contributed by atoms with E-state index < -0.39 is 0 Å². The van der Waals surface area contributed by atoms with Gasteiger partial charge in [0.25, 0.3) is 0 Å². The Morgan fingerprint density at radius 2 is 1.29 bits per heavy atom. The van der Waals surface area contributed by atoms with Gasteiger partial charge in [0.2, 0.25) is 0 Å². The molecule has 2 aromatic carbocycles. The van der Waals surface area contributed by atoms with E-state index in [9.17, 15) is 0 Å². The summed E-state index contributed by atoms with van der Waals surface area (Å²) in [5.41, 5.74) is 15.6. The number of rotatable bonds is 3. The van der Waals surface area contributed by atoms with Crippen LogP contribution >= 0.6 is 0 Å². The molecule has 0 aliphatic heterocycles. The van der Waals surface area contributed by atoms with Crippen molar-refractivity contribution in [1.29, 1.82) is 0 Å². The molecule has 2 aromatic rings. The maximum absolute atomic E-state index is 5.68. The normalized spacial score (nSPS) is 12.3. The highest BCUT2D eigenvalue weighted by molar-refractivity contribution is 5.42. The topological polar surface area (TPSA) is 52.0 Å². The van der Waals surface area contributed by atoms with Crippen LogP contribution in [0.4, 0.5) is 11.4 Å². The molecule has 0 aliphatic rings. The number of hydrogen-bond donors (Lipinski definition) is 2. The van der Waals surface area contributed by atoms with Gasteiger partial charge in [-0.15, -0.1) is 0 Å². The monoisotopic (exact) mass is 226 g/mol. The minimum absolute atomic E-state index is 0.485. The fraction of sp³-hybridized carbons (Fsp3) is 0.200. The van der Waals surface area contributed by atoms with Gasteiger partial charge in [0.05, 0.1) is 0 Å². The van der Waals surface area contributed by atoms with E-state index in [0.717, 1.165) is 17.8 Å². The lowest BCUT2D eigenvalue weighted by molar-refractivity contribution is 0.759. The molecule has 0 heterocycles. The van der Waals surface area contributed by atoms with E-state index in [2.05, 4.69) is 31.2 Å². The summed E-state index contributed by atoms with van der Waals surface area (Å²) in [5.74, 6) is 0.485. The zero-order chi connectivity index (χ0) is 12.3. The van der Waals surface area contributed by atoms with Gasteiger partial charge in [-0.3, -0.25) is 0 Å². The van der Waals surface area contributed by atoms with Crippen LogP contribution in [-0.4, -0.2) is 0 Å². The lowest BCUT2D eigenvalue weighted by Gasteiger charge is -2.12. The Morgan fingerprint density at radius 1 is 0.824 bits per heavy atom. The van der Waals surface area contributed by atoms with Gasteiger partial charge in [0, 0.05) is 11.4 Å². The Kier molecular flexibility index (Phi) is 3.33. The van der Waals surface area contributed by atoms with Crippen LogP contribution in [0.5, 0.6) is 0 Å². The van der Waals surface area contributed by atoms with Crippen molar-refractivity contribution in [2.75, 3.05) is 11.5 Å². The highest BCUT2D eigenvalue weighted by Crippen LogP contribution is 2.21. The van der Waals surface area contributed by atoms with E-state index in [1.807, 2.05) is 24.3 Å². The van der Waals surface area contributed by atoms with E-state index in [4.69, 9.17) is 11.5 Å². The summed E-state index contributed by atoms with van der Waals surface area (Å²) in [6, 6.07) is 16.2. The highest BCUT2D eigenvalue weighted by atomic mass is 14.5. The number of nitrogen functional groups attached to an aromatic ring is 2. The molecule has 0 radical (unpaired) electrons. The van der Waals surface area contributed by atoms with Crippen LogP contribution in [0.2, 0.25) is 0 Å². The Balaban J connectivity index is 2.08. The molecule has 2 heteroatoms. The largest absolute Gasteiger partial charge is 0.399 e. The Bertz CT molecular complexity index is 471. The van der Waals surface area contributed by atoms with E-state index in [1.54, 1.807) is 0 Å². The zero-order valence-electron chi connectivity index (χ0n) is 10.1. The Morgan fingerprint density at radius 3 is 1.82 bits per heavy atom. The van der Waals surface area contributed by atoms with Gasteiger partial charge in [-0.25, -0.2) is 0 Å². The van der Waals surface area contributed by atoms with Crippen molar-refractivity contribution in [2.24, 2.45) is 0 Å². The lowest BCUT2D eigenvalue weighted by Crippen LogP contribution is -1.99. The van der Waals surface area contributed by atoms with Crippen LogP contribution in [-0.2, 0) is 6.42 Å². The predicted octanol–water partition coefficient (Wildman–Crippen LogP) is 3.20. The van der Waals surface area contributed by atoms with Crippen LogP contribution in [0.1, 0.15) is 24.0 Å². The van der Waals surface area contributed by atoms with E-state index in [0.29, 0.717) is 5.92 Å². The van der Waals surface area contributed by atoms with E-state index >= 15 is 0 Å². The molecule has 17 heavy (non-hydrogen) atoms. The SMILES string of the molecule is CC(Cc1ccc(N)cc1)c1ccc(N)cc1. The first-order valence-corrected chi connectivity index (χ1v) is 5.85. The fourth-order valence-corrected chi connectivity index (χ4v) is 1.95. The minimum Gasteiger partial charge on any atom is -0.399 e. The van der Waals surface area contributed by atoms with Crippen molar-refractivity contribution >= 4 is 11.4 Å². The summed E-state index contributed by atoms with van der Waals surface area (Å²) in [4.78, 5) is 0. The molecule has 1 unspecified atom stereocenters. The molecule has 2 rings (SSSR count). The van der Waals surface area contributed by atoms with Crippen molar-refractivity contribution < 1.29 is 0 Å². The third-order valence-electron chi connectivity index (χ3n) is 3.03. The number of anilines is 2. The first-order chi connectivity index (χ1) is 8.15. The molecule has 2 nitrogen and oxygen atoms in total. The zero-order valence-corrected chi connectivity index (χ0v) is 10.1. The maximum Gasteiger partial charge on any atom is 0.0314 e. The molecule has 0 saturated carbocycles. The number of benzene rings is 2. The smallest absolute Gasteiger partial charge is 0.0314 e. The average molecular weight is 226 g/mol. The summed E-state index contributed by atoms with van der Waals surface area (Å²) in [7, 11) is 0. The van der Waals surface area contributed by atoms with Gasteiger partial charge in [-0.1, -0.05) is 31.2 Å². The second-order valence-corrected chi connectivity index (χ2v) is 4.51. The molecule has 0 saturated heterocycles. The quantitative estimate of drug-likeness (QED) is 0.790. The molecule has 0 spiro atoms. The molecular weight excluding hydrogens is 208 g/mol. The molecular formula is C15H18N2. The van der Waals surface area contributed by atoms with Gasteiger partial charge in [-0.05, 0) is 47.7 Å². The van der Waals surface area contributed by atoms with Crippen LogP contribution in [0.15, 0.2) is 48.5 Å². The Hall–Kier alpha value is -1.96. The van der Waals surface area contributed by atoms with E-state index in [1.165, 1.54) is 11.1 Å². The van der Waals surface area contributed by atoms with Crippen LogP contribution in [0.25, 0.3) is 0 Å². The van der Waals surface area contributed by atoms with Crippen LogP contribution < -0.4 is 11.5 Å². The summed E-state index contributed by atoms with van der Waals surface area (Å²) in [6.45, 7) is 2.22. The maximum atomic E-state index is 5.68. The van der Waals surface area contributed by atoms with Crippen molar-refractivity contribution in [3.8, 4) is 0 Å². The van der Waals surface area contributed by atoms with Gasteiger partial charge < -0.3 is 11.5 Å². The summed E-state index contributed by atoms with van der Waals surface area (Å²) >= 11 is 0. The van der Waals surface area contributed by atoms with Crippen LogP contribution in [0, 0.1) is 0 Å². The molecule has 0 bridgehead atoms. The van der Waals surface area contributed by atoms with Gasteiger partial charge in [0.15, 0.2) is 0 Å². The Labute approximate surface area is 102 Å². The summed E-state index contributed by atoms with van der Waals surface area (Å²) in [6.07, 6.45) is 1.02. The van der Waals surface area contributed by atoms with E-state index in [-0.39, 0.29) is 0 Å². The molecule has 4 N–H and O–H groups in total. The number of hydrogen-bond acceptors (Lipinski definition) is 2. The van der Waals surface area contributed by atoms with Crippen LogP contribution in [0.3, 0.4) is 0 Å². The number of nitrogens with two attached hydrogens (primary N) is 2. The highest BCUT2D eigenvalue weighted by Gasteiger charge is 2.06. The molecule has 0 amide bonds. The first-order valence-electron chi connectivity index (χ1n) is 5.85. The predicted molar refractivity (Wildman–Crippen MR) is 73.8 cm³/mol. The third kappa shape index (κ3) is 3.00. The molecule has 0 aromatic heterocycles. The second-order valence-electron chi connectivity index (χ2n) is 4.51. The van der Waals surface area contributed by atoms with Crippen molar-refractivity contribution in [3.63, 3.8) is 0 Å². The van der Waals surface area contributed by atoms with Gasteiger partial charge >= 0.3 is 0 Å². The molecule has 1 atom stereocenters. The molecule has 0 fully saturated rings. The average Bonchev–Trinajstić information content (AvgIpc) is 2.33. The van der Waals surface area contributed by atoms with Crippen molar-refractivity contribution in [2.45, 2.75) is 19.3 Å².